The van der Waals surface area contributed by atoms with E-state index in [4.69, 9.17) is 14.2 Å². The fourth-order valence-corrected chi connectivity index (χ4v) is 3.40. The fraction of sp³-hybridized carbons (Fsp3) is 0.407. The van der Waals surface area contributed by atoms with Crippen LogP contribution in [0.3, 0.4) is 0 Å². The van der Waals surface area contributed by atoms with Gasteiger partial charge < -0.3 is 19.5 Å². The summed E-state index contributed by atoms with van der Waals surface area (Å²) >= 11 is 0. The number of amides is 1. The molecule has 6 heteroatoms. The van der Waals surface area contributed by atoms with Crippen LogP contribution in [0, 0.1) is 6.92 Å². The molecule has 1 amide bonds. The van der Waals surface area contributed by atoms with Crippen LogP contribution in [0.1, 0.15) is 57.2 Å². The van der Waals surface area contributed by atoms with Gasteiger partial charge in [-0.1, -0.05) is 36.4 Å². The van der Waals surface area contributed by atoms with E-state index < -0.39 is 23.7 Å². The summed E-state index contributed by atoms with van der Waals surface area (Å²) in [7, 11) is 1.33. The summed E-state index contributed by atoms with van der Waals surface area (Å²) in [6.07, 6.45) is 3.05. The number of benzene rings is 2. The number of alkyl carbamates (subject to hydrolysis) is 1. The molecule has 0 aliphatic rings. The summed E-state index contributed by atoms with van der Waals surface area (Å²) in [5.74, 6) is 0.365. The molecular weight excluding hydrogens is 418 g/mol. The van der Waals surface area contributed by atoms with Gasteiger partial charge in [0.15, 0.2) is 0 Å². The van der Waals surface area contributed by atoms with Crippen LogP contribution in [0.15, 0.2) is 55.1 Å². The summed E-state index contributed by atoms with van der Waals surface area (Å²) in [5, 5.41) is 2.81. The van der Waals surface area contributed by atoms with Crippen molar-refractivity contribution < 1.29 is 23.8 Å². The third-order valence-electron chi connectivity index (χ3n) is 4.91. The fourth-order valence-electron chi connectivity index (χ4n) is 3.40. The molecule has 178 valence electrons. The largest absolute Gasteiger partial charge is 0.493 e. The topological polar surface area (TPSA) is 73.9 Å². The number of unbranched alkanes of at least 4 members (excludes halogenated alkanes) is 1. The first-order valence-electron chi connectivity index (χ1n) is 11.1. The van der Waals surface area contributed by atoms with E-state index in [0.717, 1.165) is 40.8 Å². The zero-order valence-corrected chi connectivity index (χ0v) is 20.3. The molecule has 2 aromatic rings. The van der Waals surface area contributed by atoms with E-state index >= 15 is 0 Å². The average Bonchev–Trinajstić information content (AvgIpc) is 2.75. The number of ether oxygens (including phenoxy) is 3. The molecule has 0 heterocycles. The molecule has 2 aromatic carbocycles. The smallest absolute Gasteiger partial charge is 0.408 e. The maximum Gasteiger partial charge on any atom is 0.408 e. The first-order valence-corrected chi connectivity index (χ1v) is 11.1. The molecule has 0 unspecified atom stereocenters. The van der Waals surface area contributed by atoms with Crippen LogP contribution in [0.2, 0.25) is 0 Å². The van der Waals surface area contributed by atoms with Gasteiger partial charge >= 0.3 is 12.1 Å². The van der Waals surface area contributed by atoms with E-state index in [2.05, 4.69) is 11.9 Å². The normalized spacial score (nSPS) is 11.9. The molecule has 0 aliphatic heterocycles. The van der Waals surface area contributed by atoms with Gasteiger partial charge in [-0.15, -0.1) is 6.58 Å². The highest BCUT2D eigenvalue weighted by Crippen LogP contribution is 2.35. The van der Waals surface area contributed by atoms with Crippen molar-refractivity contribution in [1.29, 1.82) is 0 Å². The Balaban J connectivity index is 2.37. The van der Waals surface area contributed by atoms with Crippen LogP contribution in [0.4, 0.5) is 4.79 Å². The van der Waals surface area contributed by atoms with Gasteiger partial charge in [-0.3, -0.25) is 4.79 Å². The molecule has 33 heavy (non-hydrogen) atoms. The van der Waals surface area contributed by atoms with Gasteiger partial charge in [-0.25, -0.2) is 4.79 Å². The number of allylic oxidation sites excluding steroid dienone is 1. The lowest BCUT2D eigenvalue weighted by Gasteiger charge is -2.24. The number of esters is 1. The second-order valence-electron chi connectivity index (χ2n) is 8.83. The summed E-state index contributed by atoms with van der Waals surface area (Å²) in [6.45, 7) is 11.7. The van der Waals surface area contributed by atoms with Crippen LogP contribution in [-0.2, 0) is 14.3 Å². The Kier molecular flexibility index (Phi) is 9.52. The molecule has 0 spiro atoms. The van der Waals surface area contributed by atoms with Crippen molar-refractivity contribution in [3.63, 3.8) is 0 Å². The predicted molar refractivity (Wildman–Crippen MR) is 130 cm³/mol. The number of nitrogens with one attached hydrogen (secondary N) is 1. The Morgan fingerprint density at radius 1 is 1.15 bits per heavy atom. The van der Waals surface area contributed by atoms with Crippen molar-refractivity contribution in [1.82, 2.24) is 5.32 Å². The number of hydrogen-bond acceptors (Lipinski definition) is 5. The maximum absolute atomic E-state index is 12.4. The quantitative estimate of drug-likeness (QED) is 0.266. The highest BCUT2D eigenvalue weighted by atomic mass is 16.6. The summed E-state index contributed by atoms with van der Waals surface area (Å²) in [4.78, 5) is 24.5. The maximum atomic E-state index is 12.4. The van der Waals surface area contributed by atoms with E-state index in [-0.39, 0.29) is 6.42 Å². The van der Waals surface area contributed by atoms with Gasteiger partial charge in [0.1, 0.15) is 11.4 Å². The van der Waals surface area contributed by atoms with Crippen molar-refractivity contribution in [3.8, 4) is 16.9 Å². The van der Waals surface area contributed by atoms with Crippen LogP contribution in [0.5, 0.6) is 5.75 Å². The number of methoxy groups -OCH3 is 1. The molecule has 2 rings (SSSR count). The highest BCUT2D eigenvalue weighted by Gasteiger charge is 2.23. The molecule has 0 fully saturated rings. The number of carbonyl (C=O) groups excluding carboxylic acids is 2. The lowest BCUT2D eigenvalue weighted by molar-refractivity contribution is -0.141. The summed E-state index contributed by atoms with van der Waals surface area (Å²) in [5.41, 5.74) is 3.10. The van der Waals surface area contributed by atoms with Gasteiger partial charge in [-0.05, 0) is 69.4 Å². The number of rotatable bonds is 10. The average molecular weight is 454 g/mol. The van der Waals surface area contributed by atoms with Crippen molar-refractivity contribution in [2.24, 2.45) is 0 Å². The standard InChI is InChI=1S/C27H35NO5/c1-7-8-9-16-32-23-15-10-12-19(2)25(23)21-14-11-13-20(17-21)22(18-24(29)31-6)28-26(30)33-27(3,4)5/h7,10-15,17,22H,1,8-9,16,18H2,2-6H3,(H,28,30)/t22-/m0/s1. The number of hydrogen-bond donors (Lipinski definition) is 1. The third kappa shape index (κ3) is 8.29. The molecule has 0 radical (unpaired) electrons. The SMILES string of the molecule is C=CCCCOc1cccc(C)c1-c1cccc([C@H](CC(=O)OC)NC(=O)OC(C)(C)C)c1. The van der Waals surface area contributed by atoms with Gasteiger partial charge in [0.25, 0.3) is 0 Å². The van der Waals surface area contributed by atoms with Crippen LogP contribution >= 0.6 is 0 Å². The molecule has 0 saturated heterocycles. The minimum absolute atomic E-state index is 0.0160. The van der Waals surface area contributed by atoms with Crippen LogP contribution in [-0.4, -0.2) is 31.4 Å². The van der Waals surface area contributed by atoms with Crippen molar-refractivity contribution in [2.45, 2.75) is 58.6 Å². The van der Waals surface area contributed by atoms with Gasteiger partial charge in [0.05, 0.1) is 26.2 Å². The summed E-state index contributed by atoms with van der Waals surface area (Å²) in [6, 6.07) is 13.1. The van der Waals surface area contributed by atoms with Gasteiger partial charge in [0, 0.05) is 5.56 Å². The van der Waals surface area contributed by atoms with Crippen molar-refractivity contribution >= 4 is 12.1 Å². The van der Waals surface area contributed by atoms with Gasteiger partial charge in [-0.2, -0.15) is 0 Å². The molecule has 0 saturated carbocycles. The second kappa shape index (κ2) is 12.1. The zero-order chi connectivity index (χ0) is 24.4. The minimum atomic E-state index is -0.652. The first-order chi connectivity index (χ1) is 15.6. The third-order valence-corrected chi connectivity index (χ3v) is 4.91. The minimum Gasteiger partial charge on any atom is -0.493 e. The molecule has 0 aliphatic carbocycles. The van der Waals surface area contributed by atoms with E-state index in [1.54, 1.807) is 20.8 Å². The Bertz CT molecular complexity index is 961. The zero-order valence-electron chi connectivity index (χ0n) is 20.3. The number of carbonyl (C=O) groups is 2. The Morgan fingerprint density at radius 3 is 2.55 bits per heavy atom. The first kappa shape index (κ1) is 26.0. The monoisotopic (exact) mass is 453 g/mol. The lowest BCUT2D eigenvalue weighted by atomic mass is 9.95. The Hall–Kier alpha value is -3.28. The molecule has 0 aromatic heterocycles. The Morgan fingerprint density at radius 2 is 1.88 bits per heavy atom. The molecular formula is C27H35NO5. The van der Waals surface area contributed by atoms with E-state index in [9.17, 15) is 9.59 Å². The van der Waals surface area contributed by atoms with Crippen LogP contribution < -0.4 is 10.1 Å². The molecule has 6 nitrogen and oxygen atoms in total. The van der Waals surface area contributed by atoms with Crippen LogP contribution in [0.25, 0.3) is 11.1 Å². The highest BCUT2D eigenvalue weighted by molar-refractivity contribution is 5.76. The molecule has 1 N–H and O–H groups in total. The van der Waals surface area contributed by atoms with Crippen molar-refractivity contribution in [2.75, 3.05) is 13.7 Å². The van der Waals surface area contributed by atoms with Gasteiger partial charge in [0.2, 0.25) is 0 Å². The second-order valence-corrected chi connectivity index (χ2v) is 8.83. The molecule has 1 atom stereocenters. The predicted octanol–water partition coefficient (Wildman–Crippen LogP) is 6.14. The summed E-state index contributed by atoms with van der Waals surface area (Å²) < 4.78 is 16.3. The Labute approximate surface area is 196 Å². The lowest BCUT2D eigenvalue weighted by Crippen LogP contribution is -2.36. The molecule has 0 bridgehead atoms. The number of aryl methyl sites for hydroxylation is 1. The van der Waals surface area contributed by atoms with Crippen molar-refractivity contribution in [3.05, 3.63) is 66.2 Å². The van der Waals surface area contributed by atoms with E-state index in [1.165, 1.54) is 7.11 Å². The van der Waals surface area contributed by atoms with E-state index in [1.807, 2.05) is 55.5 Å². The van der Waals surface area contributed by atoms with E-state index in [0.29, 0.717) is 6.61 Å².